The lowest BCUT2D eigenvalue weighted by Gasteiger charge is -2.29. The van der Waals surface area contributed by atoms with E-state index in [4.69, 9.17) is 0 Å². The Morgan fingerprint density at radius 1 is 1.45 bits per heavy atom. The van der Waals surface area contributed by atoms with Gasteiger partial charge in [-0.1, -0.05) is 41.0 Å². The zero-order valence-corrected chi connectivity index (χ0v) is 14.1. The van der Waals surface area contributed by atoms with Gasteiger partial charge in [-0.25, -0.2) is 4.98 Å². The molecule has 1 aromatic rings. The summed E-state index contributed by atoms with van der Waals surface area (Å²) in [6.45, 7) is 12.2. The number of thiazole rings is 1. The Hall–Kier alpha value is -0.940. The lowest BCUT2D eigenvalue weighted by Crippen LogP contribution is -2.44. The molecule has 0 aliphatic heterocycles. The average molecular weight is 298 g/mol. The summed E-state index contributed by atoms with van der Waals surface area (Å²) in [6, 6.07) is 0. The fourth-order valence-electron chi connectivity index (χ4n) is 1.69. The van der Waals surface area contributed by atoms with Crippen LogP contribution >= 0.6 is 11.3 Å². The standard InChI is InChI=1S/C15H26N2O2S/c1-7-10(2)15(6,19)9-17-12(18)11-8-16-13(20-11)14(3,4)5/h8,10,19H,7,9H2,1-6H3,(H,17,18). The third-order valence-corrected chi connectivity index (χ3v) is 5.07. The highest BCUT2D eigenvalue weighted by molar-refractivity contribution is 7.13. The Morgan fingerprint density at radius 3 is 2.50 bits per heavy atom. The molecule has 20 heavy (non-hydrogen) atoms. The summed E-state index contributed by atoms with van der Waals surface area (Å²) in [5.74, 6) is -0.0315. The number of nitrogens with one attached hydrogen (secondary N) is 1. The molecule has 114 valence electrons. The summed E-state index contributed by atoms with van der Waals surface area (Å²) in [4.78, 5) is 17.0. The van der Waals surface area contributed by atoms with Crippen molar-refractivity contribution in [2.24, 2.45) is 5.92 Å². The van der Waals surface area contributed by atoms with E-state index in [1.54, 1.807) is 13.1 Å². The first-order valence-corrected chi connectivity index (χ1v) is 7.86. The van der Waals surface area contributed by atoms with Gasteiger partial charge >= 0.3 is 0 Å². The van der Waals surface area contributed by atoms with Gasteiger partial charge < -0.3 is 10.4 Å². The van der Waals surface area contributed by atoms with Gasteiger partial charge in [0.05, 0.1) is 16.8 Å². The van der Waals surface area contributed by atoms with E-state index in [1.165, 1.54) is 11.3 Å². The van der Waals surface area contributed by atoms with Gasteiger partial charge in [0.2, 0.25) is 0 Å². The number of hydrogen-bond acceptors (Lipinski definition) is 4. The van der Waals surface area contributed by atoms with Gasteiger partial charge in [-0.05, 0) is 12.8 Å². The first kappa shape index (κ1) is 17.1. The Labute approximate surface area is 125 Å². The third kappa shape index (κ3) is 4.28. The van der Waals surface area contributed by atoms with Gasteiger partial charge in [-0.3, -0.25) is 4.79 Å². The average Bonchev–Trinajstić information content (AvgIpc) is 2.84. The van der Waals surface area contributed by atoms with E-state index in [2.05, 4.69) is 31.1 Å². The molecular formula is C15H26N2O2S. The molecule has 0 aliphatic rings. The van der Waals surface area contributed by atoms with Crippen molar-refractivity contribution in [3.63, 3.8) is 0 Å². The second kappa shape index (κ2) is 6.22. The molecule has 0 aromatic carbocycles. The summed E-state index contributed by atoms with van der Waals surface area (Å²) in [6.07, 6.45) is 2.48. The SMILES string of the molecule is CCC(C)C(C)(O)CNC(=O)c1cnc(C(C)(C)C)s1. The fourth-order valence-corrected chi connectivity index (χ4v) is 2.58. The first-order chi connectivity index (χ1) is 9.08. The van der Waals surface area contributed by atoms with Crippen molar-refractivity contribution < 1.29 is 9.90 Å². The van der Waals surface area contributed by atoms with Crippen LogP contribution < -0.4 is 5.32 Å². The quantitative estimate of drug-likeness (QED) is 0.878. The van der Waals surface area contributed by atoms with E-state index in [-0.39, 0.29) is 23.8 Å². The molecular weight excluding hydrogens is 272 g/mol. The van der Waals surface area contributed by atoms with Gasteiger partial charge in [0, 0.05) is 12.0 Å². The van der Waals surface area contributed by atoms with Crippen molar-refractivity contribution in [1.29, 1.82) is 0 Å². The van der Waals surface area contributed by atoms with E-state index in [0.29, 0.717) is 4.88 Å². The van der Waals surface area contributed by atoms with Crippen LogP contribution in [0, 0.1) is 5.92 Å². The molecule has 2 N–H and O–H groups in total. The van der Waals surface area contributed by atoms with E-state index in [1.807, 2.05) is 13.8 Å². The molecule has 5 heteroatoms. The summed E-state index contributed by atoms with van der Waals surface area (Å²) < 4.78 is 0. The molecule has 1 amide bonds. The number of rotatable bonds is 5. The predicted octanol–water partition coefficient (Wildman–Crippen LogP) is 2.97. The molecule has 0 aliphatic carbocycles. The zero-order chi connectivity index (χ0) is 15.6. The van der Waals surface area contributed by atoms with Crippen LogP contribution in [0.1, 0.15) is 62.6 Å². The minimum Gasteiger partial charge on any atom is -0.388 e. The van der Waals surface area contributed by atoms with Gasteiger partial charge in [-0.2, -0.15) is 0 Å². The smallest absolute Gasteiger partial charge is 0.263 e. The van der Waals surface area contributed by atoms with Crippen LogP contribution in [0.3, 0.4) is 0 Å². The van der Waals surface area contributed by atoms with Crippen molar-refractivity contribution >= 4 is 17.2 Å². The minimum absolute atomic E-state index is 0.0502. The van der Waals surface area contributed by atoms with Gasteiger partial charge in [0.15, 0.2) is 0 Å². The lowest BCUT2D eigenvalue weighted by molar-refractivity contribution is 0.00596. The maximum atomic E-state index is 12.1. The lowest BCUT2D eigenvalue weighted by atomic mass is 9.89. The molecule has 4 nitrogen and oxygen atoms in total. The summed E-state index contributed by atoms with van der Waals surface area (Å²) in [5, 5.41) is 14.0. The van der Waals surface area contributed by atoms with Crippen LogP contribution in [-0.2, 0) is 5.41 Å². The summed E-state index contributed by atoms with van der Waals surface area (Å²) in [7, 11) is 0. The van der Waals surface area contributed by atoms with Gasteiger partial charge in [0.1, 0.15) is 4.88 Å². The molecule has 0 fully saturated rings. The van der Waals surface area contributed by atoms with Crippen molar-refractivity contribution in [2.75, 3.05) is 6.54 Å². The summed E-state index contributed by atoms with van der Waals surface area (Å²) >= 11 is 1.41. The normalized spacial score (nSPS) is 16.6. The van der Waals surface area contributed by atoms with Crippen molar-refractivity contribution in [3.8, 4) is 0 Å². The van der Waals surface area contributed by atoms with Crippen molar-refractivity contribution in [2.45, 2.75) is 59.0 Å². The Bertz CT molecular complexity index is 461. The van der Waals surface area contributed by atoms with E-state index in [0.717, 1.165) is 11.4 Å². The van der Waals surface area contributed by atoms with E-state index < -0.39 is 5.60 Å². The molecule has 0 saturated heterocycles. The highest BCUT2D eigenvalue weighted by Crippen LogP contribution is 2.27. The van der Waals surface area contributed by atoms with Crippen LogP contribution in [-0.4, -0.2) is 28.1 Å². The Kier molecular flexibility index (Phi) is 5.33. The number of carbonyl (C=O) groups is 1. The molecule has 0 bridgehead atoms. The monoisotopic (exact) mass is 298 g/mol. The number of aliphatic hydroxyl groups is 1. The number of carbonyl (C=O) groups excluding carboxylic acids is 1. The maximum Gasteiger partial charge on any atom is 0.263 e. The highest BCUT2D eigenvalue weighted by atomic mass is 32.1. The van der Waals surface area contributed by atoms with Gasteiger partial charge in [-0.15, -0.1) is 11.3 Å². The Morgan fingerprint density at radius 2 is 2.05 bits per heavy atom. The number of amides is 1. The molecule has 1 heterocycles. The minimum atomic E-state index is -0.887. The fraction of sp³-hybridized carbons (Fsp3) is 0.733. The number of aromatic nitrogens is 1. The van der Waals surface area contributed by atoms with Crippen molar-refractivity contribution in [1.82, 2.24) is 10.3 Å². The highest BCUT2D eigenvalue weighted by Gasteiger charge is 2.28. The first-order valence-electron chi connectivity index (χ1n) is 7.04. The maximum absolute atomic E-state index is 12.1. The zero-order valence-electron chi connectivity index (χ0n) is 13.3. The third-order valence-electron chi connectivity index (χ3n) is 3.65. The van der Waals surface area contributed by atoms with Crippen LogP contribution in [0.15, 0.2) is 6.20 Å². The predicted molar refractivity (Wildman–Crippen MR) is 83.2 cm³/mol. The number of nitrogens with zero attached hydrogens (tertiary/aromatic N) is 1. The molecule has 0 saturated carbocycles. The Balaban J connectivity index is 2.66. The van der Waals surface area contributed by atoms with Gasteiger partial charge in [0.25, 0.3) is 5.91 Å². The van der Waals surface area contributed by atoms with Crippen LogP contribution in [0.4, 0.5) is 0 Å². The van der Waals surface area contributed by atoms with Crippen LogP contribution in [0.25, 0.3) is 0 Å². The second-order valence-electron chi connectivity index (χ2n) is 6.63. The molecule has 0 radical (unpaired) electrons. The molecule has 0 spiro atoms. The largest absolute Gasteiger partial charge is 0.388 e. The topological polar surface area (TPSA) is 62.2 Å². The molecule has 1 aromatic heterocycles. The number of hydrogen-bond donors (Lipinski definition) is 2. The molecule has 2 unspecified atom stereocenters. The van der Waals surface area contributed by atoms with E-state index in [9.17, 15) is 9.90 Å². The van der Waals surface area contributed by atoms with Crippen LogP contribution in [0.2, 0.25) is 0 Å². The second-order valence-corrected chi connectivity index (χ2v) is 7.66. The van der Waals surface area contributed by atoms with Crippen LogP contribution in [0.5, 0.6) is 0 Å². The molecule has 1 rings (SSSR count). The molecule has 2 atom stereocenters. The summed E-state index contributed by atoms with van der Waals surface area (Å²) in [5.41, 5.74) is -0.937. The van der Waals surface area contributed by atoms with Crippen molar-refractivity contribution in [3.05, 3.63) is 16.1 Å². The van der Waals surface area contributed by atoms with E-state index >= 15 is 0 Å².